The van der Waals surface area contributed by atoms with Gasteiger partial charge in [0.1, 0.15) is 18.9 Å². The number of aromatic nitrogens is 3. The Hall–Kier alpha value is -2.57. The lowest BCUT2D eigenvalue weighted by atomic mass is 10.1. The number of rotatable bonds is 3. The molecule has 0 aliphatic carbocycles. The van der Waals surface area contributed by atoms with Crippen molar-refractivity contribution in [2.45, 2.75) is 25.3 Å². The molecule has 0 bridgehead atoms. The SMILES string of the molecule is Cn1nccc1C[C@@H]1CCCN1C(=O)c1ccc2c(n1)OCCO2. The van der Waals surface area contributed by atoms with Crippen LogP contribution in [0.5, 0.6) is 11.6 Å². The highest BCUT2D eigenvalue weighted by atomic mass is 16.6. The fourth-order valence-corrected chi connectivity index (χ4v) is 3.36. The van der Waals surface area contributed by atoms with Gasteiger partial charge in [0.25, 0.3) is 11.8 Å². The van der Waals surface area contributed by atoms with Crippen molar-refractivity contribution >= 4 is 5.91 Å². The minimum absolute atomic E-state index is 0.0448. The summed E-state index contributed by atoms with van der Waals surface area (Å²) in [6.45, 7) is 1.74. The van der Waals surface area contributed by atoms with E-state index in [1.54, 1.807) is 18.3 Å². The Morgan fingerprint density at radius 3 is 3.00 bits per heavy atom. The third-order valence-electron chi connectivity index (χ3n) is 4.63. The van der Waals surface area contributed by atoms with E-state index >= 15 is 0 Å². The maximum atomic E-state index is 12.9. The first-order chi connectivity index (χ1) is 11.7. The number of pyridine rings is 1. The molecule has 0 saturated carbocycles. The summed E-state index contributed by atoms with van der Waals surface area (Å²) in [6, 6.07) is 5.67. The van der Waals surface area contributed by atoms with Gasteiger partial charge in [0.05, 0.1) is 0 Å². The van der Waals surface area contributed by atoms with Gasteiger partial charge in [-0.3, -0.25) is 9.48 Å². The van der Waals surface area contributed by atoms with Gasteiger partial charge in [0.15, 0.2) is 5.75 Å². The first-order valence-corrected chi connectivity index (χ1v) is 8.27. The zero-order valence-electron chi connectivity index (χ0n) is 13.6. The molecule has 1 saturated heterocycles. The Morgan fingerprint density at radius 2 is 2.17 bits per heavy atom. The van der Waals surface area contributed by atoms with Crippen LogP contribution in [0.1, 0.15) is 29.0 Å². The van der Waals surface area contributed by atoms with E-state index in [0.29, 0.717) is 30.5 Å². The Bertz CT molecular complexity index is 758. The van der Waals surface area contributed by atoms with Gasteiger partial charge < -0.3 is 14.4 Å². The van der Waals surface area contributed by atoms with Gasteiger partial charge >= 0.3 is 0 Å². The molecule has 2 aromatic heterocycles. The monoisotopic (exact) mass is 328 g/mol. The fourth-order valence-electron chi connectivity index (χ4n) is 3.36. The Balaban J connectivity index is 1.53. The summed E-state index contributed by atoms with van der Waals surface area (Å²) in [7, 11) is 1.93. The summed E-state index contributed by atoms with van der Waals surface area (Å²) in [5.74, 6) is 0.969. The van der Waals surface area contributed by atoms with Gasteiger partial charge in [-0.15, -0.1) is 0 Å². The van der Waals surface area contributed by atoms with Crippen molar-refractivity contribution in [2.24, 2.45) is 7.05 Å². The minimum atomic E-state index is -0.0448. The van der Waals surface area contributed by atoms with Crippen molar-refractivity contribution in [2.75, 3.05) is 19.8 Å². The lowest BCUT2D eigenvalue weighted by molar-refractivity contribution is 0.0726. The van der Waals surface area contributed by atoms with E-state index in [9.17, 15) is 4.79 Å². The predicted molar refractivity (Wildman–Crippen MR) is 86.2 cm³/mol. The van der Waals surface area contributed by atoms with Crippen LogP contribution >= 0.6 is 0 Å². The average Bonchev–Trinajstić information content (AvgIpc) is 3.23. The maximum Gasteiger partial charge on any atom is 0.272 e. The Morgan fingerprint density at radius 1 is 1.29 bits per heavy atom. The molecule has 2 aromatic rings. The topological polar surface area (TPSA) is 69.5 Å². The number of fused-ring (bicyclic) bond motifs is 1. The van der Waals surface area contributed by atoms with Crippen LogP contribution in [0.3, 0.4) is 0 Å². The van der Waals surface area contributed by atoms with Crippen molar-refractivity contribution in [3.05, 3.63) is 35.8 Å². The van der Waals surface area contributed by atoms with Crippen LogP contribution in [0.15, 0.2) is 24.4 Å². The molecule has 0 spiro atoms. The van der Waals surface area contributed by atoms with E-state index in [0.717, 1.165) is 31.5 Å². The molecular formula is C17H20N4O3. The molecule has 0 aromatic carbocycles. The quantitative estimate of drug-likeness (QED) is 0.852. The second-order valence-corrected chi connectivity index (χ2v) is 6.14. The molecule has 2 aliphatic rings. The van der Waals surface area contributed by atoms with Crippen molar-refractivity contribution in [3.8, 4) is 11.6 Å². The number of aryl methyl sites for hydroxylation is 1. The Labute approximate surface area is 140 Å². The largest absolute Gasteiger partial charge is 0.484 e. The highest BCUT2D eigenvalue weighted by Crippen LogP contribution is 2.29. The molecule has 0 radical (unpaired) electrons. The van der Waals surface area contributed by atoms with Gasteiger partial charge in [0, 0.05) is 37.9 Å². The number of likely N-dealkylation sites (tertiary alicyclic amines) is 1. The predicted octanol–water partition coefficient (Wildman–Crippen LogP) is 1.43. The normalized spacial score (nSPS) is 19.5. The summed E-state index contributed by atoms with van der Waals surface area (Å²) in [6.07, 6.45) is 4.62. The molecule has 1 amide bonds. The second kappa shape index (κ2) is 6.14. The van der Waals surface area contributed by atoms with E-state index in [2.05, 4.69) is 10.1 Å². The van der Waals surface area contributed by atoms with Crippen molar-refractivity contribution in [1.82, 2.24) is 19.7 Å². The molecule has 7 heteroatoms. The van der Waals surface area contributed by atoms with E-state index < -0.39 is 0 Å². The second-order valence-electron chi connectivity index (χ2n) is 6.14. The third kappa shape index (κ3) is 2.70. The van der Waals surface area contributed by atoms with Crippen LogP contribution in [0.4, 0.5) is 0 Å². The zero-order chi connectivity index (χ0) is 16.5. The van der Waals surface area contributed by atoms with Gasteiger partial charge in [-0.05, 0) is 31.0 Å². The molecule has 1 fully saturated rings. The minimum Gasteiger partial charge on any atom is -0.484 e. The molecule has 126 valence electrons. The number of amides is 1. The zero-order valence-corrected chi connectivity index (χ0v) is 13.6. The fraction of sp³-hybridized carbons (Fsp3) is 0.471. The summed E-state index contributed by atoms with van der Waals surface area (Å²) in [4.78, 5) is 19.2. The average molecular weight is 328 g/mol. The number of hydrogen-bond donors (Lipinski definition) is 0. The lowest BCUT2D eigenvalue weighted by Gasteiger charge is -2.25. The maximum absolute atomic E-state index is 12.9. The number of hydrogen-bond acceptors (Lipinski definition) is 5. The van der Waals surface area contributed by atoms with E-state index in [4.69, 9.17) is 9.47 Å². The number of ether oxygens (including phenoxy) is 2. The molecule has 1 atom stereocenters. The molecule has 4 rings (SSSR count). The highest BCUT2D eigenvalue weighted by Gasteiger charge is 2.31. The van der Waals surface area contributed by atoms with Gasteiger partial charge in [-0.1, -0.05) is 0 Å². The molecular weight excluding hydrogens is 308 g/mol. The standard InChI is InChI=1S/C17H20N4O3/c1-20-12(6-7-18-20)11-13-3-2-8-21(13)17(22)14-4-5-15-16(19-14)24-10-9-23-15/h4-7,13H,2-3,8-11H2,1H3/t13-/m0/s1. The number of carbonyl (C=O) groups is 1. The molecule has 2 aliphatic heterocycles. The molecule has 24 heavy (non-hydrogen) atoms. The van der Waals surface area contributed by atoms with Crippen molar-refractivity contribution in [1.29, 1.82) is 0 Å². The van der Waals surface area contributed by atoms with Crippen LogP contribution in [0.25, 0.3) is 0 Å². The van der Waals surface area contributed by atoms with E-state index in [1.807, 2.05) is 22.7 Å². The Kier molecular flexibility index (Phi) is 3.84. The molecule has 0 unspecified atom stereocenters. The summed E-state index contributed by atoms with van der Waals surface area (Å²) in [5.41, 5.74) is 1.55. The first kappa shape index (κ1) is 15.0. The van der Waals surface area contributed by atoms with E-state index in [1.165, 1.54) is 0 Å². The van der Waals surface area contributed by atoms with Crippen molar-refractivity contribution in [3.63, 3.8) is 0 Å². The van der Waals surface area contributed by atoms with Crippen molar-refractivity contribution < 1.29 is 14.3 Å². The molecule has 7 nitrogen and oxygen atoms in total. The summed E-state index contributed by atoms with van der Waals surface area (Å²) in [5, 5.41) is 4.21. The number of carbonyl (C=O) groups excluding carboxylic acids is 1. The molecule has 4 heterocycles. The smallest absolute Gasteiger partial charge is 0.272 e. The van der Waals surface area contributed by atoms with Gasteiger partial charge in [-0.25, -0.2) is 4.98 Å². The van der Waals surface area contributed by atoms with Gasteiger partial charge in [-0.2, -0.15) is 5.10 Å². The number of nitrogens with zero attached hydrogens (tertiary/aromatic N) is 4. The lowest BCUT2D eigenvalue weighted by Crippen LogP contribution is -2.37. The van der Waals surface area contributed by atoms with Crippen LogP contribution in [0, 0.1) is 0 Å². The summed E-state index contributed by atoms with van der Waals surface area (Å²) < 4.78 is 12.8. The first-order valence-electron chi connectivity index (χ1n) is 8.27. The highest BCUT2D eigenvalue weighted by molar-refractivity contribution is 5.93. The summed E-state index contributed by atoms with van der Waals surface area (Å²) >= 11 is 0. The molecule has 0 N–H and O–H groups in total. The van der Waals surface area contributed by atoms with E-state index in [-0.39, 0.29) is 11.9 Å². The van der Waals surface area contributed by atoms with Crippen LogP contribution < -0.4 is 9.47 Å². The van der Waals surface area contributed by atoms with Gasteiger partial charge in [0.2, 0.25) is 0 Å². The third-order valence-corrected chi connectivity index (χ3v) is 4.63. The van der Waals surface area contributed by atoms with Crippen LogP contribution in [0.2, 0.25) is 0 Å². The van der Waals surface area contributed by atoms with Crippen LogP contribution in [-0.2, 0) is 13.5 Å². The van der Waals surface area contributed by atoms with Crippen LogP contribution in [-0.4, -0.2) is 51.4 Å².